The minimum Gasteiger partial charge on any atom is -0.482 e. The molecule has 0 aliphatic carbocycles. The number of carbonyl (C=O) groups is 2. The van der Waals surface area contributed by atoms with Gasteiger partial charge in [-0.2, -0.15) is 13.2 Å². The molecule has 3 rings (SSSR count). The number of benzene rings is 2. The highest BCUT2D eigenvalue weighted by Crippen LogP contribution is 2.35. The topological polar surface area (TPSA) is 67.4 Å². The molecule has 0 saturated carbocycles. The van der Waals surface area contributed by atoms with Gasteiger partial charge in [-0.15, -0.1) is 0 Å². The molecule has 9 heteroatoms. The van der Waals surface area contributed by atoms with E-state index in [2.05, 4.69) is 10.6 Å². The lowest BCUT2D eigenvalue weighted by Crippen LogP contribution is -2.31. The Labute approximate surface area is 157 Å². The van der Waals surface area contributed by atoms with Crippen molar-refractivity contribution in [3.8, 4) is 5.75 Å². The third kappa shape index (κ3) is 4.59. The average molecular weight is 396 g/mol. The van der Waals surface area contributed by atoms with Gasteiger partial charge in [-0.05, 0) is 42.3 Å². The standard InChI is InChI=1S/C19H16F4N2O3/c1-10-2-5-14(16(6-10)28-9-19(21,22)23)25-18(27)13-8-17(26)24-15-7-11(20)3-4-12(13)15/h2-7,13H,8-9H2,1H3,(H,24,26)(H,25,27). The maximum absolute atomic E-state index is 13.4. The zero-order valence-corrected chi connectivity index (χ0v) is 14.7. The first kappa shape index (κ1) is 19.7. The number of hydrogen-bond acceptors (Lipinski definition) is 3. The van der Waals surface area contributed by atoms with Gasteiger partial charge in [-0.25, -0.2) is 4.39 Å². The molecule has 148 valence electrons. The number of hydrogen-bond donors (Lipinski definition) is 2. The molecule has 2 N–H and O–H groups in total. The van der Waals surface area contributed by atoms with Gasteiger partial charge >= 0.3 is 6.18 Å². The Bertz CT molecular complexity index is 928. The van der Waals surface area contributed by atoms with E-state index in [1.165, 1.54) is 24.3 Å². The second-order valence-corrected chi connectivity index (χ2v) is 6.43. The molecule has 0 aromatic heterocycles. The Morgan fingerprint density at radius 3 is 2.71 bits per heavy atom. The number of nitrogens with one attached hydrogen (secondary N) is 2. The van der Waals surface area contributed by atoms with Crippen molar-refractivity contribution in [2.45, 2.75) is 25.4 Å². The molecule has 0 fully saturated rings. The number of ether oxygens (including phenoxy) is 1. The maximum atomic E-state index is 13.4. The number of alkyl halides is 3. The van der Waals surface area contributed by atoms with E-state index in [-0.39, 0.29) is 23.5 Å². The predicted octanol–water partition coefficient (Wildman–Crippen LogP) is 4.14. The van der Waals surface area contributed by atoms with Gasteiger partial charge in [-0.3, -0.25) is 9.59 Å². The fourth-order valence-electron chi connectivity index (χ4n) is 2.90. The Morgan fingerprint density at radius 2 is 2.00 bits per heavy atom. The monoisotopic (exact) mass is 396 g/mol. The number of aryl methyl sites for hydroxylation is 1. The lowest BCUT2D eigenvalue weighted by molar-refractivity contribution is -0.153. The summed E-state index contributed by atoms with van der Waals surface area (Å²) >= 11 is 0. The van der Waals surface area contributed by atoms with Crippen molar-refractivity contribution >= 4 is 23.2 Å². The first-order valence-corrected chi connectivity index (χ1v) is 8.33. The third-order valence-electron chi connectivity index (χ3n) is 4.16. The smallest absolute Gasteiger partial charge is 0.422 e. The minimum atomic E-state index is -4.53. The maximum Gasteiger partial charge on any atom is 0.422 e. The number of halogens is 4. The Hall–Kier alpha value is -3.10. The van der Waals surface area contributed by atoms with Crippen molar-refractivity contribution in [3.63, 3.8) is 0 Å². The van der Waals surface area contributed by atoms with Crippen LogP contribution in [-0.2, 0) is 9.59 Å². The lowest BCUT2D eigenvalue weighted by Gasteiger charge is -2.25. The minimum absolute atomic E-state index is 0.0505. The molecular weight excluding hydrogens is 380 g/mol. The van der Waals surface area contributed by atoms with Crippen LogP contribution in [0.2, 0.25) is 0 Å². The molecule has 0 bridgehead atoms. The van der Waals surface area contributed by atoms with Crippen LogP contribution in [0.3, 0.4) is 0 Å². The summed E-state index contributed by atoms with van der Waals surface area (Å²) < 4.78 is 55.7. The highest BCUT2D eigenvalue weighted by atomic mass is 19.4. The van der Waals surface area contributed by atoms with Gasteiger partial charge in [0.2, 0.25) is 11.8 Å². The lowest BCUT2D eigenvalue weighted by atomic mass is 9.89. The molecule has 0 saturated heterocycles. The molecule has 1 aliphatic heterocycles. The van der Waals surface area contributed by atoms with Gasteiger partial charge in [0.1, 0.15) is 11.6 Å². The molecule has 1 heterocycles. The van der Waals surface area contributed by atoms with E-state index in [9.17, 15) is 27.2 Å². The predicted molar refractivity (Wildman–Crippen MR) is 93.7 cm³/mol. The van der Waals surface area contributed by atoms with Crippen molar-refractivity contribution in [2.24, 2.45) is 0 Å². The Kier molecular flexibility index (Phi) is 5.26. The van der Waals surface area contributed by atoms with Gasteiger partial charge < -0.3 is 15.4 Å². The number of anilines is 2. The highest BCUT2D eigenvalue weighted by Gasteiger charge is 2.32. The van der Waals surface area contributed by atoms with Crippen molar-refractivity contribution in [3.05, 3.63) is 53.3 Å². The Morgan fingerprint density at radius 1 is 1.25 bits per heavy atom. The summed E-state index contributed by atoms with van der Waals surface area (Å²) in [5, 5.41) is 5.01. The van der Waals surface area contributed by atoms with Crippen molar-refractivity contribution in [1.82, 2.24) is 0 Å². The summed E-state index contributed by atoms with van der Waals surface area (Å²) in [6.45, 7) is 0.162. The quantitative estimate of drug-likeness (QED) is 0.764. The third-order valence-corrected chi connectivity index (χ3v) is 4.16. The summed E-state index contributed by atoms with van der Waals surface area (Å²) in [5.41, 5.74) is 1.31. The van der Waals surface area contributed by atoms with Crippen LogP contribution < -0.4 is 15.4 Å². The van der Waals surface area contributed by atoms with Crippen molar-refractivity contribution in [2.75, 3.05) is 17.2 Å². The fraction of sp³-hybridized carbons (Fsp3) is 0.263. The molecule has 1 unspecified atom stereocenters. The normalized spacial score (nSPS) is 16.2. The molecular formula is C19H16F4N2O3. The van der Waals surface area contributed by atoms with E-state index >= 15 is 0 Å². The van der Waals surface area contributed by atoms with Gasteiger partial charge in [0.05, 0.1) is 11.6 Å². The number of rotatable bonds is 4. The van der Waals surface area contributed by atoms with Crippen molar-refractivity contribution < 1.29 is 31.9 Å². The van der Waals surface area contributed by atoms with E-state index in [1.54, 1.807) is 13.0 Å². The van der Waals surface area contributed by atoms with Gasteiger partial charge in [0.15, 0.2) is 6.61 Å². The molecule has 2 aromatic rings. The fourth-order valence-corrected chi connectivity index (χ4v) is 2.90. The van der Waals surface area contributed by atoms with Crippen LogP contribution in [0.5, 0.6) is 5.75 Å². The van der Waals surface area contributed by atoms with E-state index in [0.29, 0.717) is 11.1 Å². The molecule has 2 amide bonds. The summed E-state index contributed by atoms with van der Waals surface area (Å²) in [4.78, 5) is 24.6. The number of amides is 2. The van der Waals surface area contributed by atoms with Gasteiger partial charge in [0.25, 0.3) is 0 Å². The number of carbonyl (C=O) groups excluding carboxylic acids is 2. The molecule has 28 heavy (non-hydrogen) atoms. The van der Waals surface area contributed by atoms with Crippen LogP contribution in [-0.4, -0.2) is 24.6 Å². The van der Waals surface area contributed by atoms with Crippen LogP contribution in [0.25, 0.3) is 0 Å². The highest BCUT2D eigenvalue weighted by molar-refractivity contribution is 6.05. The first-order chi connectivity index (χ1) is 13.1. The van der Waals surface area contributed by atoms with Gasteiger partial charge in [-0.1, -0.05) is 12.1 Å². The van der Waals surface area contributed by atoms with Crippen molar-refractivity contribution in [1.29, 1.82) is 0 Å². The van der Waals surface area contributed by atoms with Crippen LogP contribution >= 0.6 is 0 Å². The average Bonchev–Trinajstić information content (AvgIpc) is 2.60. The SMILES string of the molecule is Cc1ccc(NC(=O)C2CC(=O)Nc3cc(F)ccc32)c(OCC(F)(F)F)c1. The van der Waals surface area contributed by atoms with E-state index < -0.39 is 36.3 Å². The molecule has 1 atom stereocenters. The second kappa shape index (κ2) is 7.49. The Balaban J connectivity index is 1.85. The molecule has 5 nitrogen and oxygen atoms in total. The zero-order valence-electron chi connectivity index (χ0n) is 14.7. The van der Waals surface area contributed by atoms with E-state index in [0.717, 1.165) is 6.07 Å². The summed E-state index contributed by atoms with van der Waals surface area (Å²) in [6.07, 6.45) is -4.70. The molecule has 1 aliphatic rings. The molecule has 0 radical (unpaired) electrons. The summed E-state index contributed by atoms with van der Waals surface area (Å²) in [5.74, 6) is -2.69. The first-order valence-electron chi connectivity index (χ1n) is 8.33. The zero-order chi connectivity index (χ0) is 20.5. The van der Waals surface area contributed by atoms with Gasteiger partial charge in [0, 0.05) is 12.1 Å². The largest absolute Gasteiger partial charge is 0.482 e. The van der Waals surface area contributed by atoms with Crippen LogP contribution in [0.15, 0.2) is 36.4 Å². The second-order valence-electron chi connectivity index (χ2n) is 6.43. The summed E-state index contributed by atoms with van der Waals surface area (Å²) in [7, 11) is 0. The molecule has 0 spiro atoms. The van der Waals surface area contributed by atoms with Crippen LogP contribution in [0, 0.1) is 12.7 Å². The van der Waals surface area contributed by atoms with E-state index in [1.807, 2.05) is 0 Å². The molecule has 2 aromatic carbocycles. The number of fused-ring (bicyclic) bond motifs is 1. The van der Waals surface area contributed by atoms with Crippen LogP contribution in [0.4, 0.5) is 28.9 Å². The van der Waals surface area contributed by atoms with Crippen LogP contribution in [0.1, 0.15) is 23.5 Å². The summed E-state index contributed by atoms with van der Waals surface area (Å²) in [6, 6.07) is 8.07. The van der Waals surface area contributed by atoms with E-state index in [4.69, 9.17) is 4.74 Å².